The minimum absolute atomic E-state index is 0.126. The van der Waals surface area contributed by atoms with Crippen LogP contribution >= 0.6 is 31.9 Å². The molecule has 0 amide bonds. The average molecular weight is 378 g/mol. The second-order valence-corrected chi connectivity index (χ2v) is 7.03. The van der Waals surface area contributed by atoms with Crippen LogP contribution in [0.15, 0.2) is 36.4 Å². The van der Waals surface area contributed by atoms with Crippen LogP contribution in [0.3, 0.4) is 0 Å². The van der Waals surface area contributed by atoms with E-state index >= 15 is 0 Å². The van der Waals surface area contributed by atoms with E-state index in [1.165, 1.54) is 16.7 Å². The van der Waals surface area contributed by atoms with Crippen molar-refractivity contribution in [1.82, 2.24) is 0 Å². The molecule has 19 heavy (non-hydrogen) atoms. The van der Waals surface area contributed by atoms with Gasteiger partial charge in [0.15, 0.2) is 5.78 Å². The number of hydrogen-bond donors (Lipinski definition) is 0. The lowest BCUT2D eigenvalue weighted by atomic mass is 9.99. The van der Waals surface area contributed by atoms with Gasteiger partial charge < -0.3 is 0 Å². The summed E-state index contributed by atoms with van der Waals surface area (Å²) in [6.45, 7) is 0. The molecule has 0 fully saturated rings. The molecule has 2 aliphatic carbocycles. The molecule has 2 unspecified atom stereocenters. The molecule has 0 heterocycles. The van der Waals surface area contributed by atoms with Crippen molar-refractivity contribution in [2.45, 2.75) is 16.1 Å². The van der Waals surface area contributed by atoms with Gasteiger partial charge in [-0.05, 0) is 28.7 Å². The molecule has 0 radical (unpaired) electrons. The van der Waals surface area contributed by atoms with Crippen LogP contribution in [0.5, 0.6) is 0 Å². The zero-order valence-corrected chi connectivity index (χ0v) is 13.2. The Kier molecular flexibility index (Phi) is 2.52. The summed E-state index contributed by atoms with van der Waals surface area (Å²) in [5, 5.41) is 0. The van der Waals surface area contributed by atoms with E-state index in [4.69, 9.17) is 0 Å². The SMILES string of the molecule is O=C1c2ccccc2C(Br)C(Br)c2c1ccc1c2C1. The summed E-state index contributed by atoms with van der Waals surface area (Å²) in [4.78, 5) is 13.0. The van der Waals surface area contributed by atoms with Gasteiger partial charge in [0.1, 0.15) is 0 Å². The van der Waals surface area contributed by atoms with Crippen LogP contribution in [-0.2, 0) is 6.42 Å². The molecule has 1 nitrogen and oxygen atoms in total. The summed E-state index contributed by atoms with van der Waals surface area (Å²) < 4.78 is 0. The van der Waals surface area contributed by atoms with Crippen molar-refractivity contribution in [2.24, 2.45) is 0 Å². The summed E-state index contributed by atoms with van der Waals surface area (Å²) in [5.41, 5.74) is 6.65. The fraction of sp³-hybridized carbons (Fsp3) is 0.188. The third-order valence-corrected chi connectivity index (χ3v) is 6.69. The van der Waals surface area contributed by atoms with E-state index in [0.29, 0.717) is 0 Å². The van der Waals surface area contributed by atoms with Gasteiger partial charge in [-0.25, -0.2) is 0 Å². The molecule has 3 heteroatoms. The van der Waals surface area contributed by atoms with E-state index < -0.39 is 0 Å². The van der Waals surface area contributed by atoms with E-state index in [1.54, 1.807) is 0 Å². The van der Waals surface area contributed by atoms with Crippen molar-refractivity contribution in [1.29, 1.82) is 0 Å². The van der Waals surface area contributed by atoms with Crippen LogP contribution in [0, 0.1) is 0 Å². The molecule has 0 bridgehead atoms. The maximum atomic E-state index is 12.8. The third-order valence-electron chi connectivity index (χ3n) is 3.98. The van der Waals surface area contributed by atoms with Crippen LogP contribution in [0.4, 0.5) is 0 Å². The lowest BCUT2D eigenvalue weighted by Gasteiger charge is -2.16. The number of hydrogen-bond acceptors (Lipinski definition) is 1. The van der Waals surface area contributed by atoms with Crippen molar-refractivity contribution < 1.29 is 4.79 Å². The second kappa shape index (κ2) is 4.03. The Morgan fingerprint density at radius 1 is 0.947 bits per heavy atom. The third kappa shape index (κ3) is 1.61. The fourth-order valence-corrected chi connectivity index (χ4v) is 4.39. The van der Waals surface area contributed by atoms with Gasteiger partial charge in [-0.1, -0.05) is 68.3 Å². The van der Waals surface area contributed by atoms with Crippen molar-refractivity contribution >= 4 is 37.6 Å². The maximum absolute atomic E-state index is 12.8. The molecule has 0 aromatic heterocycles. The van der Waals surface area contributed by atoms with Crippen LogP contribution in [0.25, 0.3) is 0 Å². The molecule has 2 aromatic rings. The van der Waals surface area contributed by atoms with Crippen LogP contribution in [0.1, 0.15) is 47.8 Å². The molecule has 0 spiro atoms. The first kappa shape index (κ1) is 11.9. The van der Waals surface area contributed by atoms with Gasteiger partial charge in [-0.3, -0.25) is 4.79 Å². The Labute approximate surface area is 128 Å². The van der Waals surface area contributed by atoms with Crippen LogP contribution in [-0.4, -0.2) is 5.78 Å². The lowest BCUT2D eigenvalue weighted by molar-refractivity contribution is 0.103. The predicted octanol–water partition coefficient (Wildman–Crippen LogP) is 4.71. The van der Waals surface area contributed by atoms with Gasteiger partial charge in [0.25, 0.3) is 0 Å². The number of fused-ring (bicyclic) bond motifs is 4. The lowest BCUT2D eigenvalue weighted by Crippen LogP contribution is -2.03. The first-order valence-electron chi connectivity index (χ1n) is 6.25. The number of alkyl halides is 2. The monoisotopic (exact) mass is 376 g/mol. The number of ketones is 1. The zero-order valence-electron chi connectivity index (χ0n) is 9.99. The van der Waals surface area contributed by atoms with E-state index in [2.05, 4.69) is 37.9 Å². The Morgan fingerprint density at radius 3 is 2.58 bits per heavy atom. The first-order valence-corrected chi connectivity index (χ1v) is 8.08. The Morgan fingerprint density at radius 2 is 1.74 bits per heavy atom. The molecule has 0 saturated heterocycles. The van der Waals surface area contributed by atoms with Crippen molar-refractivity contribution in [3.05, 3.63) is 69.8 Å². The molecule has 2 atom stereocenters. The topological polar surface area (TPSA) is 17.1 Å². The summed E-state index contributed by atoms with van der Waals surface area (Å²) in [6, 6.07) is 11.9. The van der Waals surface area contributed by atoms with E-state index in [-0.39, 0.29) is 15.4 Å². The summed E-state index contributed by atoms with van der Waals surface area (Å²) in [6.07, 6.45) is 1.03. The number of benzene rings is 2. The van der Waals surface area contributed by atoms with E-state index in [1.807, 2.05) is 30.3 Å². The number of carbonyl (C=O) groups is 1. The standard InChI is InChI=1S/C16H10Br2O/c17-14-9-3-1-2-4-10(9)16(19)11-6-5-8-7-12(8)13(11)15(14)18/h1-6,14-15H,7H2. The molecule has 2 aromatic carbocycles. The fourth-order valence-electron chi connectivity index (χ4n) is 2.92. The summed E-state index contributed by atoms with van der Waals surface area (Å²) in [7, 11) is 0. The number of halogens is 2. The molecular formula is C16H10Br2O. The first-order chi connectivity index (χ1) is 9.18. The minimum atomic E-state index is 0.126. The minimum Gasteiger partial charge on any atom is -0.289 e. The van der Waals surface area contributed by atoms with Gasteiger partial charge in [0.05, 0.1) is 9.65 Å². The highest BCUT2D eigenvalue weighted by Gasteiger charge is 2.37. The Bertz CT molecular complexity index is 721. The van der Waals surface area contributed by atoms with E-state index in [9.17, 15) is 4.79 Å². The molecule has 0 aliphatic heterocycles. The Balaban J connectivity index is 2.04. The predicted molar refractivity (Wildman–Crippen MR) is 82.5 cm³/mol. The summed E-state index contributed by atoms with van der Waals surface area (Å²) >= 11 is 7.54. The maximum Gasteiger partial charge on any atom is 0.193 e. The normalized spacial score (nSPS) is 23.2. The summed E-state index contributed by atoms with van der Waals surface area (Å²) in [5.74, 6) is 0.145. The molecule has 0 saturated carbocycles. The van der Waals surface area contributed by atoms with E-state index in [0.717, 1.165) is 23.1 Å². The average Bonchev–Trinajstić information content (AvgIpc) is 3.23. The van der Waals surface area contributed by atoms with Gasteiger partial charge >= 0.3 is 0 Å². The smallest absolute Gasteiger partial charge is 0.193 e. The largest absolute Gasteiger partial charge is 0.289 e. The Hall–Kier alpha value is -0.930. The number of rotatable bonds is 0. The van der Waals surface area contributed by atoms with Gasteiger partial charge in [0, 0.05) is 11.1 Å². The van der Waals surface area contributed by atoms with Gasteiger partial charge in [0.2, 0.25) is 0 Å². The van der Waals surface area contributed by atoms with Crippen LogP contribution < -0.4 is 0 Å². The zero-order chi connectivity index (χ0) is 13.1. The van der Waals surface area contributed by atoms with Crippen molar-refractivity contribution in [2.75, 3.05) is 0 Å². The number of carbonyl (C=O) groups excluding carboxylic acids is 1. The van der Waals surface area contributed by atoms with Crippen molar-refractivity contribution in [3.63, 3.8) is 0 Å². The molecule has 94 valence electrons. The van der Waals surface area contributed by atoms with Gasteiger partial charge in [-0.15, -0.1) is 0 Å². The second-order valence-electron chi connectivity index (χ2n) is 5.06. The highest BCUT2D eigenvalue weighted by atomic mass is 79.9. The quantitative estimate of drug-likeness (QED) is 0.518. The molecule has 0 N–H and O–H groups in total. The highest BCUT2D eigenvalue weighted by Crippen LogP contribution is 2.51. The highest BCUT2D eigenvalue weighted by molar-refractivity contribution is 9.12. The molecule has 2 aliphatic rings. The molecular weight excluding hydrogens is 368 g/mol. The van der Waals surface area contributed by atoms with Gasteiger partial charge in [-0.2, -0.15) is 0 Å². The van der Waals surface area contributed by atoms with Crippen molar-refractivity contribution in [3.8, 4) is 0 Å². The molecule has 4 rings (SSSR count). The van der Waals surface area contributed by atoms with Crippen LogP contribution in [0.2, 0.25) is 0 Å².